The van der Waals surface area contributed by atoms with Gasteiger partial charge in [0.15, 0.2) is 0 Å². The zero-order valence-corrected chi connectivity index (χ0v) is 12.3. The maximum atomic E-state index is 13.3. The van der Waals surface area contributed by atoms with E-state index in [-0.39, 0.29) is 17.7 Å². The Hall–Kier alpha value is -1.42. The summed E-state index contributed by atoms with van der Waals surface area (Å²) in [6, 6.07) is 11.6. The van der Waals surface area contributed by atoms with Crippen LogP contribution >= 0.6 is 15.9 Å². The van der Waals surface area contributed by atoms with E-state index in [0.717, 1.165) is 24.1 Å². The molecule has 0 radical (unpaired) electrons. The number of halogens is 3. The predicted octanol–water partition coefficient (Wildman–Crippen LogP) is 5.29. The van der Waals surface area contributed by atoms with Crippen molar-refractivity contribution in [3.8, 4) is 0 Å². The van der Waals surface area contributed by atoms with Crippen LogP contribution in [-0.2, 0) is 0 Å². The third kappa shape index (κ3) is 3.01. The second-order valence-electron chi connectivity index (χ2n) is 5.14. The van der Waals surface area contributed by atoms with E-state index in [9.17, 15) is 8.78 Å². The molecule has 0 aromatic heterocycles. The summed E-state index contributed by atoms with van der Waals surface area (Å²) in [6.07, 6.45) is 2.33. The van der Waals surface area contributed by atoms with E-state index in [1.807, 2.05) is 12.1 Å². The molecule has 0 saturated heterocycles. The van der Waals surface area contributed by atoms with Gasteiger partial charge in [-0.15, -0.1) is 0 Å². The molecule has 20 heavy (non-hydrogen) atoms. The Kier molecular flexibility index (Phi) is 3.74. The van der Waals surface area contributed by atoms with Gasteiger partial charge >= 0.3 is 0 Å². The molecule has 0 bridgehead atoms. The van der Waals surface area contributed by atoms with E-state index in [4.69, 9.17) is 0 Å². The molecule has 0 aliphatic heterocycles. The van der Waals surface area contributed by atoms with Gasteiger partial charge in [0, 0.05) is 5.69 Å². The lowest BCUT2D eigenvalue weighted by Crippen LogP contribution is -2.13. The Labute approximate surface area is 125 Å². The predicted molar refractivity (Wildman–Crippen MR) is 79.6 cm³/mol. The second-order valence-corrected chi connectivity index (χ2v) is 5.99. The molecule has 2 aromatic carbocycles. The monoisotopic (exact) mass is 337 g/mol. The molecule has 0 heterocycles. The average Bonchev–Trinajstić information content (AvgIpc) is 3.26. The Morgan fingerprint density at radius 2 is 1.75 bits per heavy atom. The van der Waals surface area contributed by atoms with Crippen LogP contribution in [0.5, 0.6) is 0 Å². The van der Waals surface area contributed by atoms with Crippen molar-refractivity contribution in [2.45, 2.75) is 18.9 Å². The van der Waals surface area contributed by atoms with E-state index < -0.39 is 0 Å². The molecule has 1 unspecified atom stereocenters. The Balaban J connectivity index is 1.84. The third-order valence-electron chi connectivity index (χ3n) is 3.56. The Morgan fingerprint density at radius 3 is 2.35 bits per heavy atom. The number of nitrogens with one attached hydrogen (secondary N) is 1. The highest BCUT2D eigenvalue weighted by atomic mass is 79.9. The van der Waals surface area contributed by atoms with E-state index in [2.05, 4.69) is 21.2 Å². The van der Waals surface area contributed by atoms with Gasteiger partial charge in [-0.25, -0.2) is 8.78 Å². The van der Waals surface area contributed by atoms with Gasteiger partial charge < -0.3 is 5.32 Å². The first-order chi connectivity index (χ1) is 9.63. The summed E-state index contributed by atoms with van der Waals surface area (Å²) in [5.41, 5.74) is 1.92. The van der Waals surface area contributed by atoms with Crippen molar-refractivity contribution in [3.63, 3.8) is 0 Å². The zero-order valence-electron chi connectivity index (χ0n) is 10.7. The summed E-state index contributed by atoms with van der Waals surface area (Å²) >= 11 is 3.19. The molecular formula is C16H14BrF2N. The lowest BCUT2D eigenvalue weighted by molar-refractivity contribution is 0.619. The van der Waals surface area contributed by atoms with Crippen LogP contribution in [0.3, 0.4) is 0 Å². The van der Waals surface area contributed by atoms with Gasteiger partial charge in [-0.05, 0) is 70.6 Å². The average molecular weight is 338 g/mol. The van der Waals surface area contributed by atoms with Crippen molar-refractivity contribution < 1.29 is 8.78 Å². The Bertz CT molecular complexity index is 608. The van der Waals surface area contributed by atoms with Crippen molar-refractivity contribution in [2.24, 2.45) is 5.92 Å². The van der Waals surface area contributed by atoms with Crippen LogP contribution in [0.25, 0.3) is 0 Å². The van der Waals surface area contributed by atoms with Gasteiger partial charge in [0.2, 0.25) is 0 Å². The number of rotatable bonds is 4. The van der Waals surface area contributed by atoms with Gasteiger partial charge in [-0.1, -0.05) is 12.1 Å². The minimum absolute atomic E-state index is 0.146. The fraction of sp³-hybridized carbons (Fsp3) is 0.250. The summed E-state index contributed by atoms with van der Waals surface area (Å²) in [5.74, 6) is 0.0532. The van der Waals surface area contributed by atoms with Gasteiger partial charge in [0.05, 0.1) is 10.5 Å². The molecule has 1 fully saturated rings. The number of hydrogen-bond donors (Lipinski definition) is 1. The van der Waals surface area contributed by atoms with Crippen LogP contribution in [0.15, 0.2) is 46.9 Å². The van der Waals surface area contributed by atoms with E-state index in [1.165, 1.54) is 18.2 Å². The Morgan fingerprint density at radius 1 is 1.05 bits per heavy atom. The van der Waals surface area contributed by atoms with E-state index in [1.54, 1.807) is 12.1 Å². The van der Waals surface area contributed by atoms with Crippen LogP contribution in [-0.4, -0.2) is 0 Å². The molecule has 1 nitrogen and oxygen atoms in total. The number of benzene rings is 2. The van der Waals surface area contributed by atoms with Crippen LogP contribution < -0.4 is 5.32 Å². The van der Waals surface area contributed by atoms with Gasteiger partial charge in [-0.2, -0.15) is 0 Å². The summed E-state index contributed by atoms with van der Waals surface area (Å²) in [4.78, 5) is 0. The molecular weight excluding hydrogens is 324 g/mol. The fourth-order valence-corrected chi connectivity index (χ4v) is 2.72. The molecule has 1 atom stereocenters. The molecule has 1 N–H and O–H groups in total. The minimum Gasteiger partial charge on any atom is -0.378 e. The fourth-order valence-electron chi connectivity index (χ4n) is 2.34. The molecule has 2 aromatic rings. The summed E-state index contributed by atoms with van der Waals surface area (Å²) in [5, 5.41) is 3.43. The van der Waals surface area contributed by atoms with Gasteiger partial charge in [0.1, 0.15) is 11.6 Å². The van der Waals surface area contributed by atoms with Crippen molar-refractivity contribution in [1.29, 1.82) is 0 Å². The normalized spacial score (nSPS) is 15.9. The van der Waals surface area contributed by atoms with Crippen LogP contribution in [0.1, 0.15) is 24.4 Å². The number of hydrogen-bond acceptors (Lipinski definition) is 1. The van der Waals surface area contributed by atoms with Crippen molar-refractivity contribution in [3.05, 3.63) is 64.1 Å². The van der Waals surface area contributed by atoms with Crippen LogP contribution in [0.2, 0.25) is 0 Å². The van der Waals surface area contributed by atoms with Gasteiger partial charge in [-0.3, -0.25) is 0 Å². The molecule has 1 aliphatic rings. The summed E-state index contributed by atoms with van der Waals surface area (Å²) in [7, 11) is 0. The zero-order chi connectivity index (χ0) is 14.1. The van der Waals surface area contributed by atoms with Crippen molar-refractivity contribution in [2.75, 3.05) is 5.32 Å². The maximum absolute atomic E-state index is 13.3. The number of anilines is 1. The maximum Gasteiger partial charge on any atom is 0.137 e. The molecule has 3 rings (SSSR count). The first-order valence-electron chi connectivity index (χ1n) is 6.60. The highest BCUT2D eigenvalue weighted by Gasteiger charge is 2.32. The van der Waals surface area contributed by atoms with E-state index >= 15 is 0 Å². The summed E-state index contributed by atoms with van der Waals surface area (Å²) in [6.45, 7) is 0. The molecule has 0 spiro atoms. The van der Waals surface area contributed by atoms with E-state index in [0.29, 0.717) is 10.4 Å². The lowest BCUT2D eigenvalue weighted by Gasteiger charge is -2.20. The molecule has 1 aliphatic carbocycles. The van der Waals surface area contributed by atoms with Crippen LogP contribution in [0.4, 0.5) is 14.5 Å². The summed E-state index contributed by atoms with van der Waals surface area (Å²) < 4.78 is 26.7. The SMILES string of the molecule is Fc1ccc(C(Nc2ccc(F)c(Br)c2)C2CC2)cc1. The van der Waals surface area contributed by atoms with Gasteiger partial charge in [0.25, 0.3) is 0 Å². The molecule has 0 amide bonds. The smallest absolute Gasteiger partial charge is 0.137 e. The first-order valence-corrected chi connectivity index (χ1v) is 7.40. The second kappa shape index (κ2) is 5.52. The highest BCUT2D eigenvalue weighted by Crippen LogP contribution is 2.43. The van der Waals surface area contributed by atoms with Crippen LogP contribution in [0, 0.1) is 17.6 Å². The largest absolute Gasteiger partial charge is 0.378 e. The quantitative estimate of drug-likeness (QED) is 0.799. The standard InChI is InChI=1S/C16H14BrF2N/c17-14-9-13(7-8-15(14)19)20-16(10-1-2-10)11-3-5-12(18)6-4-11/h3-10,16,20H,1-2H2. The third-order valence-corrected chi connectivity index (χ3v) is 4.17. The lowest BCUT2D eigenvalue weighted by atomic mass is 10.0. The molecule has 1 saturated carbocycles. The van der Waals surface area contributed by atoms with Crippen molar-refractivity contribution in [1.82, 2.24) is 0 Å². The highest BCUT2D eigenvalue weighted by molar-refractivity contribution is 9.10. The molecule has 4 heteroatoms. The molecule has 104 valence electrons. The minimum atomic E-state index is -0.277. The topological polar surface area (TPSA) is 12.0 Å². The van der Waals surface area contributed by atoms with Crippen molar-refractivity contribution >= 4 is 21.6 Å². The first kappa shape index (κ1) is 13.6.